The van der Waals surface area contributed by atoms with E-state index in [0.717, 1.165) is 52.2 Å². The van der Waals surface area contributed by atoms with Gasteiger partial charge in [0.05, 0.1) is 6.61 Å². The average molecular weight is 277 g/mol. The number of benzene rings is 1. The van der Waals surface area contributed by atoms with Gasteiger partial charge in [0, 0.05) is 33.4 Å². The molecule has 1 aromatic carbocycles. The molecule has 1 heterocycles. The molecular formula is C17H27NO2. The number of methoxy groups -OCH3 is 1. The van der Waals surface area contributed by atoms with Crippen molar-refractivity contribution in [2.24, 2.45) is 5.41 Å². The predicted octanol–water partition coefficient (Wildman–Crippen LogP) is 2.57. The van der Waals surface area contributed by atoms with Crippen LogP contribution in [-0.4, -0.2) is 40.0 Å². The second kappa shape index (κ2) is 7.77. The molecule has 112 valence electrons. The molecule has 2 rings (SSSR count). The fourth-order valence-electron chi connectivity index (χ4n) is 3.00. The first-order valence-electron chi connectivity index (χ1n) is 7.57. The molecular weight excluding hydrogens is 250 g/mol. The number of hydrogen-bond donors (Lipinski definition) is 1. The molecule has 0 saturated carbocycles. The molecule has 3 nitrogen and oxygen atoms in total. The minimum atomic E-state index is 0.333. The van der Waals surface area contributed by atoms with E-state index < -0.39 is 0 Å². The summed E-state index contributed by atoms with van der Waals surface area (Å²) in [5.74, 6) is 0. The second-order valence-electron chi connectivity index (χ2n) is 5.95. The molecule has 0 spiro atoms. The number of aryl methyl sites for hydroxylation is 1. The van der Waals surface area contributed by atoms with Crippen LogP contribution in [0.2, 0.25) is 0 Å². The van der Waals surface area contributed by atoms with Gasteiger partial charge in [-0.2, -0.15) is 0 Å². The molecule has 1 saturated heterocycles. The van der Waals surface area contributed by atoms with Crippen LogP contribution in [0.4, 0.5) is 0 Å². The van der Waals surface area contributed by atoms with E-state index in [-0.39, 0.29) is 0 Å². The van der Waals surface area contributed by atoms with E-state index in [9.17, 15) is 0 Å². The molecule has 1 aliphatic rings. The normalized spacial score (nSPS) is 18.1. The Bertz CT molecular complexity index is 400. The fraction of sp³-hybridized carbons (Fsp3) is 0.647. The van der Waals surface area contributed by atoms with Crippen LogP contribution >= 0.6 is 0 Å². The van der Waals surface area contributed by atoms with E-state index >= 15 is 0 Å². The van der Waals surface area contributed by atoms with Gasteiger partial charge in [-0.15, -0.1) is 0 Å². The third kappa shape index (κ3) is 4.58. The summed E-state index contributed by atoms with van der Waals surface area (Å²) in [6.45, 7) is 6.68. The van der Waals surface area contributed by atoms with Gasteiger partial charge in [-0.25, -0.2) is 0 Å². The van der Waals surface area contributed by atoms with Gasteiger partial charge in [0.1, 0.15) is 0 Å². The molecule has 1 aliphatic heterocycles. The standard InChI is InChI=1S/C17H27NO2/c1-15-4-3-5-16(12-15)13-17(6-9-20-10-7-17)14-18-8-11-19-2/h3-5,12,18H,6-11,13-14H2,1-2H3. The highest BCUT2D eigenvalue weighted by atomic mass is 16.5. The lowest BCUT2D eigenvalue weighted by atomic mass is 9.75. The van der Waals surface area contributed by atoms with Crippen molar-refractivity contribution in [3.05, 3.63) is 35.4 Å². The lowest BCUT2D eigenvalue weighted by Gasteiger charge is -2.38. The highest BCUT2D eigenvalue weighted by Crippen LogP contribution is 2.34. The molecule has 0 radical (unpaired) electrons. The molecule has 0 aromatic heterocycles. The van der Waals surface area contributed by atoms with Crippen molar-refractivity contribution < 1.29 is 9.47 Å². The van der Waals surface area contributed by atoms with Gasteiger partial charge in [-0.1, -0.05) is 29.8 Å². The molecule has 1 fully saturated rings. The number of nitrogens with one attached hydrogen (secondary N) is 1. The molecule has 0 amide bonds. The first kappa shape index (κ1) is 15.5. The summed E-state index contributed by atoms with van der Waals surface area (Å²) in [6.07, 6.45) is 3.42. The minimum absolute atomic E-state index is 0.333. The van der Waals surface area contributed by atoms with E-state index in [1.54, 1.807) is 7.11 Å². The van der Waals surface area contributed by atoms with E-state index in [4.69, 9.17) is 9.47 Å². The monoisotopic (exact) mass is 277 g/mol. The predicted molar refractivity (Wildman–Crippen MR) is 82.1 cm³/mol. The SMILES string of the molecule is COCCNCC1(Cc2cccc(C)c2)CCOCC1. The van der Waals surface area contributed by atoms with Crippen LogP contribution < -0.4 is 5.32 Å². The van der Waals surface area contributed by atoms with Crippen molar-refractivity contribution in [1.82, 2.24) is 5.32 Å². The molecule has 3 heteroatoms. The summed E-state index contributed by atoms with van der Waals surface area (Å²) in [6, 6.07) is 8.89. The van der Waals surface area contributed by atoms with Crippen molar-refractivity contribution in [2.45, 2.75) is 26.2 Å². The summed E-state index contributed by atoms with van der Waals surface area (Å²) in [4.78, 5) is 0. The molecule has 1 aromatic rings. The number of ether oxygens (including phenoxy) is 2. The van der Waals surface area contributed by atoms with Crippen LogP contribution in [0.15, 0.2) is 24.3 Å². The van der Waals surface area contributed by atoms with Crippen molar-refractivity contribution in [1.29, 1.82) is 0 Å². The van der Waals surface area contributed by atoms with Crippen molar-refractivity contribution in [2.75, 3.05) is 40.0 Å². The summed E-state index contributed by atoms with van der Waals surface area (Å²) in [7, 11) is 1.75. The topological polar surface area (TPSA) is 30.5 Å². The maximum absolute atomic E-state index is 5.56. The largest absolute Gasteiger partial charge is 0.383 e. The molecule has 20 heavy (non-hydrogen) atoms. The van der Waals surface area contributed by atoms with E-state index in [1.165, 1.54) is 11.1 Å². The lowest BCUT2D eigenvalue weighted by molar-refractivity contribution is 0.0143. The van der Waals surface area contributed by atoms with Gasteiger partial charge < -0.3 is 14.8 Å². The van der Waals surface area contributed by atoms with Crippen molar-refractivity contribution in [3.63, 3.8) is 0 Å². The Kier molecular flexibility index (Phi) is 6.02. The third-order valence-electron chi connectivity index (χ3n) is 4.20. The van der Waals surface area contributed by atoms with Crippen LogP contribution in [0.3, 0.4) is 0 Å². The van der Waals surface area contributed by atoms with Crippen LogP contribution in [-0.2, 0) is 15.9 Å². The number of rotatable bonds is 7. The summed E-state index contributed by atoms with van der Waals surface area (Å²) in [5.41, 5.74) is 3.12. The van der Waals surface area contributed by atoms with Crippen molar-refractivity contribution >= 4 is 0 Å². The molecule has 0 atom stereocenters. The zero-order valence-corrected chi connectivity index (χ0v) is 12.8. The first-order valence-corrected chi connectivity index (χ1v) is 7.57. The van der Waals surface area contributed by atoms with Crippen LogP contribution in [0, 0.1) is 12.3 Å². The minimum Gasteiger partial charge on any atom is -0.383 e. The van der Waals surface area contributed by atoms with Crippen molar-refractivity contribution in [3.8, 4) is 0 Å². The van der Waals surface area contributed by atoms with E-state index in [2.05, 4.69) is 36.5 Å². The van der Waals surface area contributed by atoms with E-state index in [0.29, 0.717) is 5.41 Å². The molecule has 1 N–H and O–H groups in total. The first-order chi connectivity index (χ1) is 9.74. The van der Waals surface area contributed by atoms with Gasteiger partial charge in [0.15, 0.2) is 0 Å². The Morgan fingerprint density at radius 1 is 1.30 bits per heavy atom. The Morgan fingerprint density at radius 2 is 2.10 bits per heavy atom. The zero-order chi connectivity index (χ0) is 14.3. The zero-order valence-electron chi connectivity index (χ0n) is 12.8. The fourth-order valence-corrected chi connectivity index (χ4v) is 3.00. The van der Waals surface area contributed by atoms with E-state index in [1.807, 2.05) is 0 Å². The summed E-state index contributed by atoms with van der Waals surface area (Å²) < 4.78 is 10.7. The lowest BCUT2D eigenvalue weighted by Crippen LogP contribution is -2.41. The Labute approximate surface area is 122 Å². The smallest absolute Gasteiger partial charge is 0.0587 e. The van der Waals surface area contributed by atoms with Crippen LogP contribution in [0.25, 0.3) is 0 Å². The second-order valence-corrected chi connectivity index (χ2v) is 5.95. The Hall–Kier alpha value is -0.900. The molecule has 0 unspecified atom stereocenters. The van der Waals surface area contributed by atoms with Gasteiger partial charge >= 0.3 is 0 Å². The Morgan fingerprint density at radius 3 is 2.80 bits per heavy atom. The van der Waals surface area contributed by atoms with Crippen LogP contribution in [0.1, 0.15) is 24.0 Å². The highest BCUT2D eigenvalue weighted by Gasteiger charge is 2.32. The summed E-state index contributed by atoms with van der Waals surface area (Å²) in [5, 5.41) is 3.55. The van der Waals surface area contributed by atoms with Crippen LogP contribution in [0.5, 0.6) is 0 Å². The molecule has 0 aliphatic carbocycles. The maximum Gasteiger partial charge on any atom is 0.0587 e. The van der Waals surface area contributed by atoms with Gasteiger partial charge in [0.2, 0.25) is 0 Å². The quantitative estimate of drug-likeness (QED) is 0.777. The highest BCUT2D eigenvalue weighted by molar-refractivity contribution is 5.23. The maximum atomic E-state index is 5.56. The average Bonchev–Trinajstić information content (AvgIpc) is 2.45. The third-order valence-corrected chi connectivity index (χ3v) is 4.20. The van der Waals surface area contributed by atoms with Gasteiger partial charge in [-0.05, 0) is 37.2 Å². The Balaban J connectivity index is 1.98. The summed E-state index contributed by atoms with van der Waals surface area (Å²) >= 11 is 0. The molecule has 0 bridgehead atoms. The van der Waals surface area contributed by atoms with Gasteiger partial charge in [0.25, 0.3) is 0 Å². The number of hydrogen-bond acceptors (Lipinski definition) is 3. The van der Waals surface area contributed by atoms with Gasteiger partial charge in [-0.3, -0.25) is 0 Å².